The van der Waals surface area contributed by atoms with Crippen LogP contribution in [-0.4, -0.2) is 24.1 Å². The zero-order valence-electron chi connectivity index (χ0n) is 11.8. The molecule has 0 fully saturated rings. The van der Waals surface area contributed by atoms with E-state index in [1.54, 1.807) is 12.1 Å². The number of halogens is 3. The number of anilines is 2. The van der Waals surface area contributed by atoms with E-state index in [4.69, 9.17) is 4.74 Å². The van der Waals surface area contributed by atoms with Crippen molar-refractivity contribution in [2.24, 2.45) is 0 Å². The van der Waals surface area contributed by atoms with Crippen LogP contribution in [0.1, 0.15) is 11.1 Å². The van der Waals surface area contributed by atoms with Crippen LogP contribution in [0.2, 0.25) is 0 Å². The lowest BCUT2D eigenvalue weighted by molar-refractivity contribution is -0.137. The van der Waals surface area contributed by atoms with E-state index in [9.17, 15) is 13.2 Å². The predicted molar refractivity (Wildman–Crippen MR) is 72.8 cm³/mol. The third-order valence-corrected chi connectivity index (χ3v) is 3.03. The molecule has 2 aromatic rings. The molecule has 4 nitrogen and oxygen atoms in total. The van der Waals surface area contributed by atoms with Gasteiger partial charge in [0.25, 0.3) is 0 Å². The molecule has 21 heavy (non-hydrogen) atoms. The van der Waals surface area contributed by atoms with Gasteiger partial charge in [0.1, 0.15) is 5.56 Å². The number of aromatic nitrogens is 2. The highest BCUT2D eigenvalue weighted by Crippen LogP contribution is 2.38. The lowest BCUT2D eigenvalue weighted by Crippen LogP contribution is -2.19. The summed E-state index contributed by atoms with van der Waals surface area (Å²) >= 11 is 0. The Labute approximate surface area is 120 Å². The van der Waals surface area contributed by atoms with Gasteiger partial charge >= 0.3 is 12.2 Å². The minimum atomic E-state index is -4.54. The highest BCUT2D eigenvalue weighted by atomic mass is 19.4. The summed E-state index contributed by atoms with van der Waals surface area (Å²) < 4.78 is 44.2. The minimum Gasteiger partial charge on any atom is -0.467 e. The van der Waals surface area contributed by atoms with Gasteiger partial charge < -0.3 is 9.64 Å². The molecule has 0 saturated carbocycles. The zero-order chi connectivity index (χ0) is 15.6. The standard InChI is InChI=1S/C14H14F3N3O/c1-9-6-4-5-7-11(9)20(2)12-10(14(15,16)17)8-18-13(19-12)21-3/h4-8H,1-3H3. The van der Waals surface area contributed by atoms with Crippen LogP contribution in [0.25, 0.3) is 0 Å². The molecule has 2 rings (SSSR count). The molecule has 0 aliphatic carbocycles. The molecule has 1 aromatic carbocycles. The molecule has 0 saturated heterocycles. The topological polar surface area (TPSA) is 38.2 Å². The van der Waals surface area contributed by atoms with E-state index in [0.717, 1.165) is 11.8 Å². The fourth-order valence-corrected chi connectivity index (χ4v) is 1.97. The van der Waals surface area contributed by atoms with E-state index in [-0.39, 0.29) is 11.8 Å². The number of ether oxygens (including phenoxy) is 1. The van der Waals surface area contributed by atoms with Crippen molar-refractivity contribution in [1.29, 1.82) is 0 Å². The van der Waals surface area contributed by atoms with Gasteiger partial charge in [-0.3, -0.25) is 0 Å². The molecule has 0 amide bonds. The van der Waals surface area contributed by atoms with Gasteiger partial charge in [-0.15, -0.1) is 0 Å². The molecular weight excluding hydrogens is 283 g/mol. The Balaban J connectivity index is 2.58. The summed E-state index contributed by atoms with van der Waals surface area (Å²) in [5, 5.41) is 0. The second kappa shape index (κ2) is 5.59. The second-order valence-electron chi connectivity index (χ2n) is 4.44. The number of para-hydroxylation sites is 1. The highest BCUT2D eigenvalue weighted by Gasteiger charge is 2.36. The molecule has 0 N–H and O–H groups in total. The Kier molecular flexibility index (Phi) is 4.02. The van der Waals surface area contributed by atoms with Gasteiger partial charge in [-0.05, 0) is 18.6 Å². The molecule has 0 unspecified atom stereocenters. The van der Waals surface area contributed by atoms with Crippen LogP contribution in [-0.2, 0) is 6.18 Å². The first-order valence-electron chi connectivity index (χ1n) is 6.12. The molecule has 0 aliphatic rings. The summed E-state index contributed by atoms with van der Waals surface area (Å²) in [7, 11) is 2.83. The summed E-state index contributed by atoms with van der Waals surface area (Å²) in [6, 6.07) is 7.00. The van der Waals surface area contributed by atoms with Crippen LogP contribution in [0.15, 0.2) is 30.5 Å². The molecule has 0 aliphatic heterocycles. The fourth-order valence-electron chi connectivity index (χ4n) is 1.97. The normalized spacial score (nSPS) is 11.3. The fraction of sp³-hybridized carbons (Fsp3) is 0.286. The molecule has 0 spiro atoms. The molecule has 1 heterocycles. The van der Waals surface area contributed by atoms with Gasteiger partial charge in [-0.25, -0.2) is 4.98 Å². The third kappa shape index (κ3) is 3.07. The summed E-state index contributed by atoms with van der Waals surface area (Å²) in [5.41, 5.74) is 0.559. The minimum absolute atomic E-state index is 0.113. The number of hydrogen-bond donors (Lipinski definition) is 0. The lowest BCUT2D eigenvalue weighted by Gasteiger charge is -2.23. The van der Waals surface area contributed by atoms with Crippen LogP contribution in [0.4, 0.5) is 24.7 Å². The van der Waals surface area contributed by atoms with Crippen LogP contribution in [0.3, 0.4) is 0 Å². The van der Waals surface area contributed by atoms with Crippen LogP contribution in [0, 0.1) is 6.92 Å². The maximum Gasteiger partial charge on any atom is 0.421 e. The van der Waals surface area contributed by atoms with E-state index in [2.05, 4.69) is 9.97 Å². The van der Waals surface area contributed by atoms with E-state index in [1.807, 2.05) is 19.1 Å². The number of benzene rings is 1. The molecule has 0 radical (unpaired) electrons. The summed E-state index contributed by atoms with van der Waals surface area (Å²) in [4.78, 5) is 8.77. The van der Waals surface area contributed by atoms with Crippen molar-refractivity contribution in [2.45, 2.75) is 13.1 Å². The SMILES string of the molecule is COc1ncc(C(F)(F)F)c(N(C)c2ccccc2C)n1. The number of aryl methyl sites for hydroxylation is 1. The molecule has 112 valence electrons. The average Bonchev–Trinajstić information content (AvgIpc) is 2.45. The molecule has 0 atom stereocenters. The van der Waals surface area contributed by atoms with Crippen LogP contribution in [0.5, 0.6) is 6.01 Å². The Hall–Kier alpha value is -2.31. The first-order chi connectivity index (χ1) is 9.84. The molecular formula is C14H14F3N3O. The van der Waals surface area contributed by atoms with Crippen molar-refractivity contribution in [3.05, 3.63) is 41.6 Å². The van der Waals surface area contributed by atoms with E-state index >= 15 is 0 Å². The monoisotopic (exact) mass is 297 g/mol. The van der Waals surface area contributed by atoms with Crippen molar-refractivity contribution in [1.82, 2.24) is 9.97 Å². The largest absolute Gasteiger partial charge is 0.467 e. The average molecular weight is 297 g/mol. The Morgan fingerprint density at radius 3 is 2.43 bits per heavy atom. The van der Waals surface area contributed by atoms with Gasteiger partial charge in [0.05, 0.1) is 7.11 Å². The predicted octanol–water partition coefficient (Wildman–Crippen LogP) is 3.58. The maximum absolute atomic E-state index is 13.1. The number of rotatable bonds is 3. The van der Waals surface area contributed by atoms with Gasteiger partial charge in [-0.2, -0.15) is 18.2 Å². The van der Waals surface area contributed by atoms with Gasteiger partial charge in [0, 0.05) is 18.9 Å². The Morgan fingerprint density at radius 1 is 1.19 bits per heavy atom. The number of hydrogen-bond acceptors (Lipinski definition) is 4. The number of nitrogens with zero attached hydrogens (tertiary/aromatic N) is 3. The van der Waals surface area contributed by atoms with Gasteiger partial charge in [0.15, 0.2) is 5.82 Å². The van der Waals surface area contributed by atoms with Crippen molar-refractivity contribution >= 4 is 11.5 Å². The molecule has 7 heteroatoms. The Morgan fingerprint density at radius 2 is 1.86 bits per heavy atom. The van der Waals surface area contributed by atoms with Crippen molar-refractivity contribution in [3.63, 3.8) is 0 Å². The summed E-state index contributed by atoms with van der Waals surface area (Å²) in [5.74, 6) is -0.247. The molecule has 0 bridgehead atoms. The molecule has 1 aromatic heterocycles. The van der Waals surface area contributed by atoms with Crippen LogP contribution >= 0.6 is 0 Å². The quantitative estimate of drug-likeness (QED) is 0.868. The van der Waals surface area contributed by atoms with Crippen molar-refractivity contribution in [3.8, 4) is 6.01 Å². The first kappa shape index (κ1) is 15.1. The second-order valence-corrected chi connectivity index (χ2v) is 4.44. The van der Waals surface area contributed by atoms with E-state index in [1.165, 1.54) is 19.1 Å². The smallest absolute Gasteiger partial charge is 0.421 e. The Bertz CT molecular complexity index is 644. The summed E-state index contributed by atoms with van der Waals surface area (Å²) in [6.45, 7) is 1.82. The first-order valence-corrected chi connectivity index (χ1v) is 6.12. The van der Waals surface area contributed by atoms with Crippen molar-refractivity contribution in [2.75, 3.05) is 19.1 Å². The van der Waals surface area contributed by atoms with Gasteiger partial charge in [-0.1, -0.05) is 18.2 Å². The lowest BCUT2D eigenvalue weighted by atomic mass is 10.1. The van der Waals surface area contributed by atoms with Crippen LogP contribution < -0.4 is 9.64 Å². The number of methoxy groups -OCH3 is 1. The third-order valence-electron chi connectivity index (χ3n) is 3.03. The van der Waals surface area contributed by atoms with Gasteiger partial charge in [0.2, 0.25) is 0 Å². The number of alkyl halides is 3. The summed E-state index contributed by atoms with van der Waals surface area (Å²) in [6.07, 6.45) is -3.81. The van der Waals surface area contributed by atoms with E-state index in [0.29, 0.717) is 5.69 Å². The van der Waals surface area contributed by atoms with Crippen molar-refractivity contribution < 1.29 is 17.9 Å². The zero-order valence-corrected chi connectivity index (χ0v) is 11.8. The highest BCUT2D eigenvalue weighted by molar-refractivity contribution is 5.65. The maximum atomic E-state index is 13.1. The van der Waals surface area contributed by atoms with E-state index < -0.39 is 11.7 Å².